The topological polar surface area (TPSA) is 110 Å². The number of nitrogens with one attached hydrogen (secondary N) is 2. The first-order chi connectivity index (χ1) is 8.86. The number of hydrogen-bond donors (Lipinski definition) is 3. The molecule has 0 radical (unpaired) electrons. The number of aromatic amines is 1. The largest absolute Gasteiger partial charge is 0.421 e. The molecule has 4 N–H and O–H groups in total. The van der Waals surface area contributed by atoms with E-state index in [0.29, 0.717) is 6.20 Å². The van der Waals surface area contributed by atoms with Gasteiger partial charge in [0, 0.05) is 12.3 Å². The predicted octanol–water partition coefficient (Wildman–Crippen LogP) is 0.904. The Labute approximate surface area is 103 Å². The zero-order valence-corrected chi connectivity index (χ0v) is 9.19. The molecular weight excluding hydrogens is 265 g/mol. The molecule has 0 aliphatic carbocycles. The molecule has 2 aromatic heterocycles. The van der Waals surface area contributed by atoms with Crippen molar-refractivity contribution < 1.29 is 13.2 Å². The van der Waals surface area contributed by atoms with Crippen LogP contribution in [0.4, 0.5) is 30.6 Å². The third-order valence-electron chi connectivity index (χ3n) is 2.04. The average molecular weight is 272 g/mol. The van der Waals surface area contributed by atoms with Crippen molar-refractivity contribution in [3.05, 3.63) is 34.4 Å². The molecule has 0 bridgehead atoms. The summed E-state index contributed by atoms with van der Waals surface area (Å²) in [7, 11) is 0. The van der Waals surface area contributed by atoms with Crippen molar-refractivity contribution in [2.75, 3.05) is 11.1 Å². The Hall–Kier alpha value is -2.65. The Morgan fingerprint density at radius 2 is 2.05 bits per heavy atom. The molecule has 0 saturated carbocycles. The number of hydrogen-bond acceptors (Lipinski definition) is 6. The van der Waals surface area contributed by atoms with Gasteiger partial charge in [0.2, 0.25) is 5.95 Å². The second kappa shape index (κ2) is 4.55. The fraction of sp³-hybridized carbons (Fsp3) is 0.111. The Balaban J connectivity index is 2.44. The summed E-state index contributed by atoms with van der Waals surface area (Å²) in [4.78, 5) is 17.7. The molecule has 0 aromatic carbocycles. The summed E-state index contributed by atoms with van der Waals surface area (Å²) in [6, 6.07) is 1.03. The molecule has 0 saturated heterocycles. The lowest BCUT2D eigenvalue weighted by molar-refractivity contribution is -0.137. The first-order valence-electron chi connectivity index (χ1n) is 4.88. The Morgan fingerprint density at radius 3 is 2.68 bits per heavy atom. The molecule has 0 amide bonds. The zero-order valence-electron chi connectivity index (χ0n) is 9.19. The molecule has 10 heteroatoms. The Morgan fingerprint density at radius 1 is 1.32 bits per heavy atom. The van der Waals surface area contributed by atoms with Gasteiger partial charge in [0.05, 0.1) is 11.9 Å². The van der Waals surface area contributed by atoms with E-state index in [4.69, 9.17) is 5.73 Å². The van der Waals surface area contributed by atoms with Gasteiger partial charge in [-0.25, -0.2) is 10.1 Å². The van der Waals surface area contributed by atoms with Crippen LogP contribution >= 0.6 is 0 Å². The number of aromatic nitrogens is 4. The summed E-state index contributed by atoms with van der Waals surface area (Å²) >= 11 is 0. The van der Waals surface area contributed by atoms with Crippen molar-refractivity contribution in [1.82, 2.24) is 20.2 Å². The van der Waals surface area contributed by atoms with E-state index < -0.39 is 23.1 Å². The number of nitrogens with two attached hydrogens (primary N) is 1. The number of anilines is 3. The maximum absolute atomic E-state index is 12.7. The number of nitrogens with zero attached hydrogens (tertiary/aromatic N) is 3. The summed E-state index contributed by atoms with van der Waals surface area (Å²) in [5, 5.41) is 7.85. The highest BCUT2D eigenvalue weighted by molar-refractivity contribution is 5.59. The summed E-state index contributed by atoms with van der Waals surface area (Å²) in [5.74, 6) is -0.874. The van der Waals surface area contributed by atoms with E-state index in [-0.39, 0.29) is 11.6 Å². The number of nitrogen functional groups attached to an aromatic ring is 1. The third kappa shape index (κ3) is 2.97. The summed E-state index contributed by atoms with van der Waals surface area (Å²) < 4.78 is 38.2. The van der Waals surface area contributed by atoms with E-state index in [9.17, 15) is 18.0 Å². The highest BCUT2D eigenvalue weighted by atomic mass is 19.4. The van der Waals surface area contributed by atoms with E-state index >= 15 is 0 Å². The second-order valence-corrected chi connectivity index (χ2v) is 3.45. The lowest BCUT2D eigenvalue weighted by Gasteiger charge is -2.12. The molecule has 0 unspecified atom stereocenters. The quantitative estimate of drug-likeness (QED) is 0.749. The lowest BCUT2D eigenvalue weighted by atomic mass is 10.3. The second-order valence-electron chi connectivity index (χ2n) is 3.45. The summed E-state index contributed by atoms with van der Waals surface area (Å²) in [6.45, 7) is 0. The van der Waals surface area contributed by atoms with Crippen LogP contribution in [-0.2, 0) is 6.18 Å². The highest BCUT2D eigenvalue weighted by Crippen LogP contribution is 2.34. The minimum Gasteiger partial charge on any atom is -0.368 e. The van der Waals surface area contributed by atoms with Crippen molar-refractivity contribution in [2.45, 2.75) is 6.18 Å². The molecule has 2 heterocycles. The maximum atomic E-state index is 12.7. The average Bonchev–Trinajstić information content (AvgIpc) is 2.27. The summed E-state index contributed by atoms with van der Waals surface area (Å²) in [5.41, 5.74) is 3.63. The van der Waals surface area contributed by atoms with Crippen LogP contribution in [0.5, 0.6) is 0 Å². The molecule has 2 rings (SSSR count). The number of halogens is 3. The standard InChI is InChI=1S/C9H7F3N6O/c10-9(11,12)5-3-14-8(13)17-7(5)16-4-1-6(19)18-15-2-4/h1-3H,(H4,13,14,16,17,18,19). The van der Waals surface area contributed by atoms with Crippen LogP contribution in [-0.4, -0.2) is 20.2 Å². The molecule has 19 heavy (non-hydrogen) atoms. The summed E-state index contributed by atoms with van der Waals surface area (Å²) in [6.07, 6.45) is -2.95. The van der Waals surface area contributed by atoms with Gasteiger partial charge in [0.25, 0.3) is 5.56 Å². The van der Waals surface area contributed by atoms with Crippen molar-refractivity contribution in [2.24, 2.45) is 0 Å². The highest BCUT2D eigenvalue weighted by Gasteiger charge is 2.35. The van der Waals surface area contributed by atoms with Crippen LogP contribution in [0.25, 0.3) is 0 Å². The maximum Gasteiger partial charge on any atom is 0.421 e. The SMILES string of the molecule is Nc1ncc(C(F)(F)F)c(Nc2cn[nH]c(=O)c2)n1. The van der Waals surface area contributed by atoms with Crippen LogP contribution in [0.2, 0.25) is 0 Å². The van der Waals surface area contributed by atoms with Gasteiger partial charge in [-0.2, -0.15) is 23.3 Å². The van der Waals surface area contributed by atoms with Gasteiger partial charge in [-0.15, -0.1) is 0 Å². The Bertz CT molecular complexity index is 653. The number of H-pyrrole nitrogens is 1. The smallest absolute Gasteiger partial charge is 0.368 e. The van der Waals surface area contributed by atoms with Gasteiger partial charge in [-0.05, 0) is 0 Å². The van der Waals surface area contributed by atoms with Crippen LogP contribution in [0.15, 0.2) is 23.3 Å². The zero-order chi connectivity index (χ0) is 14.0. The molecule has 0 atom stereocenters. The van der Waals surface area contributed by atoms with E-state index in [1.165, 1.54) is 0 Å². The van der Waals surface area contributed by atoms with Gasteiger partial charge in [-0.3, -0.25) is 4.79 Å². The molecule has 7 nitrogen and oxygen atoms in total. The molecule has 100 valence electrons. The van der Waals surface area contributed by atoms with Crippen molar-refractivity contribution >= 4 is 17.5 Å². The van der Waals surface area contributed by atoms with Gasteiger partial charge in [0.1, 0.15) is 11.4 Å². The normalized spacial score (nSPS) is 11.3. The van der Waals surface area contributed by atoms with Crippen LogP contribution in [0.3, 0.4) is 0 Å². The molecule has 2 aromatic rings. The molecule has 0 fully saturated rings. The molecular formula is C9H7F3N6O. The fourth-order valence-corrected chi connectivity index (χ4v) is 1.28. The number of alkyl halides is 3. The van der Waals surface area contributed by atoms with Crippen LogP contribution < -0.4 is 16.6 Å². The number of rotatable bonds is 2. The fourth-order valence-electron chi connectivity index (χ4n) is 1.28. The van der Waals surface area contributed by atoms with Gasteiger partial charge < -0.3 is 11.1 Å². The molecule has 0 aliphatic heterocycles. The minimum absolute atomic E-state index is 0.0485. The third-order valence-corrected chi connectivity index (χ3v) is 2.04. The van der Waals surface area contributed by atoms with E-state index in [1.807, 2.05) is 0 Å². The molecule has 0 aliphatic rings. The monoisotopic (exact) mass is 272 g/mol. The van der Waals surface area contributed by atoms with E-state index in [2.05, 4.69) is 25.5 Å². The van der Waals surface area contributed by atoms with E-state index in [1.54, 1.807) is 0 Å². The minimum atomic E-state index is -4.65. The van der Waals surface area contributed by atoms with E-state index in [0.717, 1.165) is 12.3 Å². The van der Waals surface area contributed by atoms with Gasteiger partial charge in [0.15, 0.2) is 0 Å². The molecule has 0 spiro atoms. The van der Waals surface area contributed by atoms with Crippen molar-refractivity contribution in [3.8, 4) is 0 Å². The lowest BCUT2D eigenvalue weighted by Crippen LogP contribution is -2.14. The van der Waals surface area contributed by atoms with Crippen molar-refractivity contribution in [3.63, 3.8) is 0 Å². The van der Waals surface area contributed by atoms with Gasteiger partial charge >= 0.3 is 6.18 Å². The predicted molar refractivity (Wildman–Crippen MR) is 59.6 cm³/mol. The van der Waals surface area contributed by atoms with Gasteiger partial charge in [-0.1, -0.05) is 0 Å². The van der Waals surface area contributed by atoms with Crippen LogP contribution in [0.1, 0.15) is 5.56 Å². The first-order valence-corrected chi connectivity index (χ1v) is 4.88. The Kier molecular flexibility index (Phi) is 3.07. The van der Waals surface area contributed by atoms with Crippen molar-refractivity contribution in [1.29, 1.82) is 0 Å². The van der Waals surface area contributed by atoms with Crippen LogP contribution in [0, 0.1) is 0 Å². The first kappa shape index (κ1) is 12.8.